The van der Waals surface area contributed by atoms with Gasteiger partial charge < -0.3 is 19.7 Å². The molecule has 0 aliphatic rings. The molecule has 0 radical (unpaired) electrons. The number of phenolic OH excluding ortho intramolecular Hbond substituents is 2. The molecule has 0 spiro atoms. The minimum Gasteiger partial charge on any atom is -0.507 e. The van der Waals surface area contributed by atoms with Crippen molar-refractivity contribution in [2.75, 3.05) is 27.3 Å². The van der Waals surface area contributed by atoms with Crippen LogP contribution in [0.4, 0.5) is 0 Å². The van der Waals surface area contributed by atoms with E-state index in [1.165, 1.54) is 0 Å². The zero-order valence-corrected chi connectivity index (χ0v) is 17.2. The van der Waals surface area contributed by atoms with Gasteiger partial charge in [0.15, 0.2) is 0 Å². The Morgan fingerprint density at radius 1 is 0.690 bits per heavy atom. The third kappa shape index (κ3) is 7.86. The van der Waals surface area contributed by atoms with Crippen LogP contribution in [0.2, 0.25) is 0 Å². The van der Waals surface area contributed by atoms with Crippen molar-refractivity contribution >= 4 is 12.4 Å². The van der Waals surface area contributed by atoms with Crippen LogP contribution in [0.3, 0.4) is 0 Å². The third-order valence-corrected chi connectivity index (χ3v) is 4.51. The van der Waals surface area contributed by atoms with Crippen molar-refractivity contribution in [3.63, 3.8) is 0 Å². The van der Waals surface area contributed by atoms with Crippen molar-refractivity contribution in [3.8, 4) is 23.0 Å². The molecule has 156 valence electrons. The van der Waals surface area contributed by atoms with Gasteiger partial charge in [-0.2, -0.15) is 0 Å². The quantitative estimate of drug-likeness (QED) is 0.404. The number of hydrogen-bond acceptors (Lipinski definition) is 6. The Hall–Kier alpha value is -3.02. The molecule has 0 bridgehead atoms. The highest BCUT2D eigenvalue weighted by atomic mass is 16.5. The van der Waals surface area contributed by atoms with E-state index in [4.69, 9.17) is 9.47 Å². The summed E-state index contributed by atoms with van der Waals surface area (Å²) in [4.78, 5) is 8.75. The van der Waals surface area contributed by atoms with Crippen LogP contribution in [0.25, 0.3) is 0 Å². The molecule has 0 aliphatic heterocycles. The van der Waals surface area contributed by atoms with Crippen LogP contribution in [0.1, 0.15) is 43.2 Å². The normalized spacial score (nSPS) is 11.4. The highest BCUT2D eigenvalue weighted by molar-refractivity contribution is 5.84. The Labute approximate surface area is 172 Å². The lowest BCUT2D eigenvalue weighted by atomic mass is 10.1. The molecule has 0 unspecified atom stereocenters. The molecule has 29 heavy (non-hydrogen) atoms. The van der Waals surface area contributed by atoms with Gasteiger partial charge in [0.2, 0.25) is 0 Å². The number of ether oxygens (including phenoxy) is 2. The van der Waals surface area contributed by atoms with Crippen molar-refractivity contribution in [2.24, 2.45) is 9.98 Å². The molecule has 6 heteroatoms. The van der Waals surface area contributed by atoms with Crippen LogP contribution >= 0.6 is 0 Å². The molecular formula is C23H30N2O4. The Bertz CT molecular complexity index is 751. The standard InChI is InChI=1S/C23H30N2O4/c1-28-20-10-8-18(22(26)14-20)16-24-12-6-4-3-5-7-13-25-17-19-9-11-21(29-2)15-23(19)27/h8-11,14-17,26-27H,3-7,12-13H2,1-2H3. The SMILES string of the molecule is COc1ccc(C=NCCCCCCCN=Cc2ccc(OC)cc2O)c(O)c1. The smallest absolute Gasteiger partial charge is 0.128 e. The summed E-state index contributed by atoms with van der Waals surface area (Å²) in [6.45, 7) is 1.50. The summed E-state index contributed by atoms with van der Waals surface area (Å²) in [5.41, 5.74) is 1.40. The Balaban J connectivity index is 1.55. The fourth-order valence-electron chi connectivity index (χ4n) is 2.78. The van der Waals surface area contributed by atoms with E-state index >= 15 is 0 Å². The first-order chi connectivity index (χ1) is 14.1. The molecular weight excluding hydrogens is 368 g/mol. The summed E-state index contributed by atoms with van der Waals surface area (Å²) in [5.74, 6) is 1.61. The second-order valence-electron chi connectivity index (χ2n) is 6.69. The maximum absolute atomic E-state index is 9.88. The zero-order chi connectivity index (χ0) is 20.9. The maximum atomic E-state index is 9.88. The van der Waals surface area contributed by atoms with Crippen LogP contribution in [-0.4, -0.2) is 50.0 Å². The molecule has 2 N–H and O–H groups in total. The van der Waals surface area contributed by atoms with Crippen LogP contribution in [-0.2, 0) is 0 Å². The Morgan fingerprint density at radius 2 is 1.10 bits per heavy atom. The summed E-state index contributed by atoms with van der Waals surface area (Å²) >= 11 is 0. The molecule has 0 fully saturated rings. The second-order valence-corrected chi connectivity index (χ2v) is 6.69. The van der Waals surface area contributed by atoms with Crippen molar-refractivity contribution in [1.29, 1.82) is 0 Å². The molecule has 0 saturated carbocycles. The molecule has 2 rings (SSSR count). The van der Waals surface area contributed by atoms with Gasteiger partial charge in [-0.05, 0) is 37.1 Å². The molecule has 0 aromatic heterocycles. The lowest BCUT2D eigenvalue weighted by Gasteiger charge is -2.03. The predicted octanol–water partition coefficient (Wildman–Crippen LogP) is 4.60. The average molecular weight is 399 g/mol. The van der Waals surface area contributed by atoms with E-state index in [-0.39, 0.29) is 11.5 Å². The predicted molar refractivity (Wildman–Crippen MR) is 117 cm³/mol. The summed E-state index contributed by atoms with van der Waals surface area (Å²) < 4.78 is 10.1. The van der Waals surface area contributed by atoms with Gasteiger partial charge in [-0.1, -0.05) is 19.3 Å². The number of unbranched alkanes of at least 4 members (excludes halogenated alkanes) is 4. The monoisotopic (exact) mass is 398 g/mol. The molecule has 0 aliphatic carbocycles. The molecule has 0 amide bonds. The van der Waals surface area contributed by atoms with Gasteiger partial charge in [-0.15, -0.1) is 0 Å². The number of aliphatic imine (C=N–C) groups is 2. The average Bonchev–Trinajstić information content (AvgIpc) is 2.73. The topological polar surface area (TPSA) is 83.6 Å². The lowest BCUT2D eigenvalue weighted by molar-refractivity contribution is 0.407. The number of benzene rings is 2. The Morgan fingerprint density at radius 3 is 1.48 bits per heavy atom. The number of hydrogen-bond donors (Lipinski definition) is 2. The van der Waals surface area contributed by atoms with Crippen molar-refractivity contribution in [2.45, 2.75) is 32.1 Å². The van der Waals surface area contributed by atoms with Gasteiger partial charge in [-0.25, -0.2) is 0 Å². The largest absolute Gasteiger partial charge is 0.507 e. The van der Waals surface area contributed by atoms with E-state index in [0.717, 1.165) is 45.2 Å². The number of phenols is 2. The number of methoxy groups -OCH3 is 2. The molecule has 0 atom stereocenters. The number of aromatic hydroxyl groups is 2. The fourth-order valence-corrected chi connectivity index (χ4v) is 2.78. The number of rotatable bonds is 12. The van der Waals surface area contributed by atoms with E-state index in [2.05, 4.69) is 9.98 Å². The van der Waals surface area contributed by atoms with Crippen molar-refractivity contribution in [1.82, 2.24) is 0 Å². The summed E-state index contributed by atoms with van der Waals surface area (Å²) in [6.07, 6.45) is 8.85. The van der Waals surface area contributed by atoms with Gasteiger partial charge in [0, 0.05) is 48.8 Å². The van der Waals surface area contributed by atoms with E-state index < -0.39 is 0 Å². The van der Waals surface area contributed by atoms with Crippen LogP contribution in [0.15, 0.2) is 46.4 Å². The minimum absolute atomic E-state index is 0.177. The zero-order valence-electron chi connectivity index (χ0n) is 17.2. The minimum atomic E-state index is 0.177. The van der Waals surface area contributed by atoms with Crippen molar-refractivity contribution < 1.29 is 19.7 Å². The summed E-state index contributed by atoms with van der Waals surface area (Å²) in [5, 5.41) is 19.8. The van der Waals surface area contributed by atoms with E-state index in [1.807, 2.05) is 0 Å². The third-order valence-electron chi connectivity index (χ3n) is 4.51. The first-order valence-corrected chi connectivity index (χ1v) is 9.87. The first kappa shape index (κ1) is 22.3. The van der Waals surface area contributed by atoms with Gasteiger partial charge in [0.25, 0.3) is 0 Å². The maximum Gasteiger partial charge on any atom is 0.128 e. The molecule has 2 aromatic carbocycles. The molecule has 6 nitrogen and oxygen atoms in total. The van der Waals surface area contributed by atoms with E-state index in [1.54, 1.807) is 63.0 Å². The van der Waals surface area contributed by atoms with Gasteiger partial charge >= 0.3 is 0 Å². The van der Waals surface area contributed by atoms with E-state index in [9.17, 15) is 10.2 Å². The first-order valence-electron chi connectivity index (χ1n) is 9.87. The fraction of sp³-hybridized carbons (Fsp3) is 0.391. The summed E-state index contributed by atoms with van der Waals surface area (Å²) in [7, 11) is 3.14. The molecule has 0 heterocycles. The Kier molecular flexibility index (Phi) is 9.55. The molecule has 0 saturated heterocycles. The van der Waals surface area contributed by atoms with Gasteiger partial charge in [0.1, 0.15) is 23.0 Å². The van der Waals surface area contributed by atoms with Crippen molar-refractivity contribution in [3.05, 3.63) is 47.5 Å². The van der Waals surface area contributed by atoms with Crippen LogP contribution in [0, 0.1) is 0 Å². The summed E-state index contributed by atoms with van der Waals surface area (Å²) in [6, 6.07) is 10.4. The second kappa shape index (κ2) is 12.4. The number of nitrogens with zero attached hydrogens (tertiary/aromatic N) is 2. The van der Waals surface area contributed by atoms with Crippen LogP contribution in [0.5, 0.6) is 23.0 Å². The van der Waals surface area contributed by atoms with Crippen LogP contribution < -0.4 is 9.47 Å². The van der Waals surface area contributed by atoms with Gasteiger partial charge in [-0.3, -0.25) is 9.98 Å². The highest BCUT2D eigenvalue weighted by Gasteiger charge is 2.01. The van der Waals surface area contributed by atoms with E-state index in [0.29, 0.717) is 22.6 Å². The van der Waals surface area contributed by atoms with Gasteiger partial charge in [0.05, 0.1) is 14.2 Å². The highest BCUT2D eigenvalue weighted by Crippen LogP contribution is 2.22. The molecule has 2 aromatic rings. The lowest BCUT2D eigenvalue weighted by Crippen LogP contribution is -1.90.